The van der Waals surface area contributed by atoms with Crippen LogP contribution in [0.4, 0.5) is 0 Å². The van der Waals surface area contributed by atoms with Crippen LogP contribution in [0.3, 0.4) is 0 Å². The van der Waals surface area contributed by atoms with Gasteiger partial charge in [0.05, 0.1) is 12.2 Å². The minimum Gasteiger partial charge on any atom is -0.378 e. The van der Waals surface area contributed by atoms with Crippen molar-refractivity contribution in [2.24, 2.45) is 0 Å². The molecule has 1 saturated heterocycles. The maximum Gasteiger partial charge on any atom is 0.0973 e. The summed E-state index contributed by atoms with van der Waals surface area (Å²) >= 11 is 0. The van der Waals surface area contributed by atoms with Gasteiger partial charge in [-0.2, -0.15) is 0 Å². The van der Waals surface area contributed by atoms with Gasteiger partial charge in [0, 0.05) is 19.8 Å². The number of rotatable bonds is 8. The summed E-state index contributed by atoms with van der Waals surface area (Å²) in [7, 11) is 3.81. The second-order valence-electron chi connectivity index (χ2n) is 5.53. The lowest BCUT2D eigenvalue weighted by Gasteiger charge is -2.26. The quantitative estimate of drug-likeness (QED) is 0.791. The summed E-state index contributed by atoms with van der Waals surface area (Å²) in [5.41, 5.74) is 1.24. The van der Waals surface area contributed by atoms with E-state index >= 15 is 0 Å². The number of ether oxygens (including phenoxy) is 2. The number of hydrogen-bond donors (Lipinski definition) is 1. The average molecular weight is 277 g/mol. The van der Waals surface area contributed by atoms with Gasteiger partial charge in [0.15, 0.2) is 0 Å². The standard InChI is InChI=1S/C17H27NO2/c1-18-16(12-6-10-15-11-7-13-20-15)17(19-2)14-8-4-3-5-9-14/h3-5,8-9,15-18H,6-7,10-13H2,1-2H3. The highest BCUT2D eigenvalue weighted by atomic mass is 16.5. The van der Waals surface area contributed by atoms with Gasteiger partial charge >= 0.3 is 0 Å². The summed E-state index contributed by atoms with van der Waals surface area (Å²) in [6, 6.07) is 10.8. The van der Waals surface area contributed by atoms with Gasteiger partial charge in [-0.15, -0.1) is 0 Å². The predicted molar refractivity (Wildman–Crippen MR) is 81.9 cm³/mol. The van der Waals surface area contributed by atoms with Crippen LogP contribution in [-0.2, 0) is 9.47 Å². The number of hydrogen-bond acceptors (Lipinski definition) is 3. The highest BCUT2D eigenvalue weighted by Gasteiger charge is 2.22. The van der Waals surface area contributed by atoms with Gasteiger partial charge < -0.3 is 14.8 Å². The van der Waals surface area contributed by atoms with Gasteiger partial charge in [0.25, 0.3) is 0 Å². The molecule has 0 saturated carbocycles. The molecule has 1 heterocycles. The van der Waals surface area contributed by atoms with Crippen molar-refractivity contribution in [1.82, 2.24) is 5.32 Å². The molecule has 3 nitrogen and oxygen atoms in total. The predicted octanol–water partition coefficient (Wildman–Crippen LogP) is 3.31. The zero-order valence-corrected chi connectivity index (χ0v) is 12.7. The molecule has 2 rings (SSSR count). The van der Waals surface area contributed by atoms with Crippen molar-refractivity contribution < 1.29 is 9.47 Å². The molecule has 20 heavy (non-hydrogen) atoms. The Hall–Kier alpha value is -0.900. The molecular weight excluding hydrogens is 250 g/mol. The third-order valence-corrected chi connectivity index (χ3v) is 4.18. The maximum absolute atomic E-state index is 5.72. The van der Waals surface area contributed by atoms with Crippen LogP contribution in [0.2, 0.25) is 0 Å². The summed E-state index contributed by atoms with van der Waals surface area (Å²) in [4.78, 5) is 0. The van der Waals surface area contributed by atoms with Crippen molar-refractivity contribution in [3.05, 3.63) is 35.9 Å². The van der Waals surface area contributed by atoms with Gasteiger partial charge in [-0.1, -0.05) is 30.3 Å². The van der Waals surface area contributed by atoms with E-state index in [1.807, 2.05) is 13.1 Å². The van der Waals surface area contributed by atoms with Gasteiger partial charge in [0.1, 0.15) is 0 Å². The first-order valence-electron chi connectivity index (χ1n) is 7.71. The lowest BCUT2D eigenvalue weighted by molar-refractivity contribution is 0.0622. The molecule has 0 radical (unpaired) electrons. The summed E-state index contributed by atoms with van der Waals surface area (Å²) in [5, 5.41) is 3.41. The van der Waals surface area contributed by atoms with Gasteiger partial charge in [-0.3, -0.25) is 0 Å². The fraction of sp³-hybridized carbons (Fsp3) is 0.647. The van der Waals surface area contributed by atoms with E-state index in [1.165, 1.54) is 31.2 Å². The topological polar surface area (TPSA) is 30.5 Å². The monoisotopic (exact) mass is 277 g/mol. The largest absolute Gasteiger partial charge is 0.378 e. The van der Waals surface area contributed by atoms with Crippen LogP contribution in [0.25, 0.3) is 0 Å². The van der Waals surface area contributed by atoms with Crippen LogP contribution in [0.1, 0.15) is 43.8 Å². The van der Waals surface area contributed by atoms with Gasteiger partial charge in [0.2, 0.25) is 0 Å². The van der Waals surface area contributed by atoms with E-state index in [0.717, 1.165) is 13.0 Å². The smallest absolute Gasteiger partial charge is 0.0973 e. The van der Waals surface area contributed by atoms with Crippen LogP contribution in [-0.4, -0.2) is 32.9 Å². The van der Waals surface area contributed by atoms with Gasteiger partial charge in [-0.25, -0.2) is 0 Å². The molecule has 0 amide bonds. The molecular formula is C17H27NO2. The molecule has 112 valence electrons. The van der Waals surface area contributed by atoms with Gasteiger partial charge in [-0.05, 0) is 44.7 Å². The molecule has 3 atom stereocenters. The van der Waals surface area contributed by atoms with Crippen molar-refractivity contribution in [1.29, 1.82) is 0 Å². The molecule has 3 heteroatoms. The molecule has 0 aromatic heterocycles. The van der Waals surface area contributed by atoms with E-state index in [4.69, 9.17) is 9.47 Å². The van der Waals surface area contributed by atoms with Crippen molar-refractivity contribution in [2.75, 3.05) is 20.8 Å². The van der Waals surface area contributed by atoms with Crippen molar-refractivity contribution in [3.63, 3.8) is 0 Å². The minimum absolute atomic E-state index is 0.116. The normalized spacial score (nSPS) is 21.8. The summed E-state index contributed by atoms with van der Waals surface area (Å²) in [6.45, 7) is 0.949. The highest BCUT2D eigenvalue weighted by molar-refractivity contribution is 5.19. The molecule has 1 aliphatic rings. The first-order chi connectivity index (χ1) is 9.85. The maximum atomic E-state index is 5.72. The van der Waals surface area contributed by atoms with E-state index in [-0.39, 0.29) is 6.10 Å². The summed E-state index contributed by atoms with van der Waals surface area (Å²) in [6.07, 6.45) is 6.54. The number of likely N-dealkylation sites (N-methyl/N-ethyl adjacent to an activating group) is 1. The van der Waals surface area contributed by atoms with Crippen molar-refractivity contribution in [3.8, 4) is 0 Å². The van der Waals surface area contributed by atoms with Crippen LogP contribution in [0.5, 0.6) is 0 Å². The second kappa shape index (κ2) is 8.40. The number of nitrogens with one attached hydrogen (secondary N) is 1. The SMILES string of the molecule is CNC(CCCC1CCCO1)C(OC)c1ccccc1. The Morgan fingerprint density at radius 2 is 2.15 bits per heavy atom. The van der Waals surface area contributed by atoms with Crippen LogP contribution < -0.4 is 5.32 Å². The fourth-order valence-corrected chi connectivity index (χ4v) is 3.06. The minimum atomic E-state index is 0.116. The molecule has 1 aromatic carbocycles. The third kappa shape index (κ3) is 4.30. The van der Waals surface area contributed by atoms with Crippen LogP contribution in [0, 0.1) is 0 Å². The van der Waals surface area contributed by atoms with E-state index in [2.05, 4.69) is 29.6 Å². The highest BCUT2D eigenvalue weighted by Crippen LogP contribution is 2.25. The average Bonchev–Trinajstić information content (AvgIpc) is 3.01. The lowest BCUT2D eigenvalue weighted by Crippen LogP contribution is -2.33. The molecule has 0 spiro atoms. The summed E-state index contributed by atoms with van der Waals surface area (Å²) in [5.74, 6) is 0. The molecule has 0 bridgehead atoms. The van der Waals surface area contributed by atoms with Crippen molar-refractivity contribution in [2.45, 2.75) is 50.4 Å². The Morgan fingerprint density at radius 3 is 2.75 bits per heavy atom. The zero-order chi connectivity index (χ0) is 14.2. The Kier molecular flexibility index (Phi) is 6.51. The summed E-state index contributed by atoms with van der Waals surface area (Å²) < 4.78 is 11.4. The van der Waals surface area contributed by atoms with Crippen molar-refractivity contribution >= 4 is 0 Å². The molecule has 1 aliphatic heterocycles. The second-order valence-corrected chi connectivity index (χ2v) is 5.53. The molecule has 3 unspecified atom stereocenters. The number of benzene rings is 1. The van der Waals surface area contributed by atoms with Crippen LogP contribution in [0.15, 0.2) is 30.3 Å². The van der Waals surface area contributed by atoms with E-state index in [1.54, 1.807) is 7.11 Å². The molecule has 1 fully saturated rings. The van der Waals surface area contributed by atoms with E-state index < -0.39 is 0 Å². The molecule has 1 N–H and O–H groups in total. The Morgan fingerprint density at radius 1 is 1.35 bits per heavy atom. The van der Waals surface area contributed by atoms with Crippen LogP contribution >= 0.6 is 0 Å². The Bertz CT molecular complexity index is 363. The lowest BCUT2D eigenvalue weighted by atomic mass is 9.96. The third-order valence-electron chi connectivity index (χ3n) is 4.18. The molecule has 0 aliphatic carbocycles. The fourth-order valence-electron chi connectivity index (χ4n) is 3.06. The first kappa shape index (κ1) is 15.5. The zero-order valence-electron chi connectivity index (χ0n) is 12.7. The first-order valence-corrected chi connectivity index (χ1v) is 7.71. The Balaban J connectivity index is 1.85. The molecule has 1 aromatic rings. The van der Waals surface area contributed by atoms with E-state index in [9.17, 15) is 0 Å². The Labute approximate surface area is 122 Å². The number of methoxy groups -OCH3 is 1. The van der Waals surface area contributed by atoms with E-state index in [0.29, 0.717) is 12.1 Å².